The zero-order chi connectivity index (χ0) is 17.0. The highest BCUT2D eigenvalue weighted by Crippen LogP contribution is 2.24. The number of nitrogens with one attached hydrogen (secondary N) is 1. The van der Waals surface area contributed by atoms with Gasteiger partial charge in [0.15, 0.2) is 0 Å². The van der Waals surface area contributed by atoms with Gasteiger partial charge >= 0.3 is 6.03 Å². The molecule has 0 aliphatic carbocycles. The van der Waals surface area contributed by atoms with E-state index in [2.05, 4.69) is 5.32 Å². The van der Waals surface area contributed by atoms with E-state index in [0.717, 1.165) is 4.90 Å². The van der Waals surface area contributed by atoms with Crippen LogP contribution in [-0.2, 0) is 9.59 Å². The van der Waals surface area contributed by atoms with Gasteiger partial charge in [-0.1, -0.05) is 0 Å². The van der Waals surface area contributed by atoms with E-state index in [1.807, 2.05) is 0 Å². The molecule has 1 saturated heterocycles. The standard InChI is InChI=1S/C15H20N4O4/c1-18-9-14(21)19(15(18)22)7-3-4-13(20)17-12-8-10(23-2)5-6-11(12)16/h5-6,8H,3-4,7,9,16H2,1-2H3,(H,17,20). The Balaban J connectivity index is 1.84. The van der Waals surface area contributed by atoms with Gasteiger partial charge in [0.05, 0.1) is 18.5 Å². The lowest BCUT2D eigenvalue weighted by molar-refractivity contribution is -0.125. The molecule has 0 bridgehead atoms. The number of nitrogens with zero attached hydrogens (tertiary/aromatic N) is 2. The molecule has 124 valence electrons. The summed E-state index contributed by atoms with van der Waals surface area (Å²) in [5.41, 5.74) is 6.71. The lowest BCUT2D eigenvalue weighted by atomic mass is 10.2. The summed E-state index contributed by atoms with van der Waals surface area (Å²) in [5, 5.41) is 2.70. The highest BCUT2D eigenvalue weighted by molar-refractivity contribution is 6.01. The molecule has 23 heavy (non-hydrogen) atoms. The molecule has 1 heterocycles. The number of ether oxygens (including phenoxy) is 1. The minimum absolute atomic E-state index is 0.0887. The molecular weight excluding hydrogens is 300 g/mol. The van der Waals surface area contributed by atoms with E-state index in [1.54, 1.807) is 25.2 Å². The van der Waals surface area contributed by atoms with Crippen LogP contribution in [0.3, 0.4) is 0 Å². The first-order valence-electron chi connectivity index (χ1n) is 7.21. The largest absolute Gasteiger partial charge is 0.497 e. The van der Waals surface area contributed by atoms with E-state index in [9.17, 15) is 14.4 Å². The summed E-state index contributed by atoms with van der Waals surface area (Å²) in [7, 11) is 3.09. The maximum Gasteiger partial charge on any atom is 0.326 e. The van der Waals surface area contributed by atoms with E-state index < -0.39 is 0 Å². The molecule has 1 aliphatic heterocycles. The molecule has 0 spiro atoms. The maximum atomic E-state index is 12.0. The smallest absolute Gasteiger partial charge is 0.326 e. The molecule has 8 nitrogen and oxygen atoms in total. The monoisotopic (exact) mass is 320 g/mol. The second-order valence-electron chi connectivity index (χ2n) is 5.29. The number of nitrogen functional groups attached to an aromatic ring is 1. The van der Waals surface area contributed by atoms with Gasteiger partial charge in [0.2, 0.25) is 11.8 Å². The van der Waals surface area contributed by atoms with Crippen LogP contribution >= 0.6 is 0 Å². The Morgan fingerprint density at radius 3 is 2.74 bits per heavy atom. The van der Waals surface area contributed by atoms with E-state index in [4.69, 9.17) is 10.5 Å². The number of rotatable bonds is 6. The van der Waals surface area contributed by atoms with E-state index >= 15 is 0 Å². The van der Waals surface area contributed by atoms with Crippen LogP contribution in [0.2, 0.25) is 0 Å². The molecule has 4 amide bonds. The van der Waals surface area contributed by atoms with Crippen molar-refractivity contribution in [3.8, 4) is 5.75 Å². The minimum Gasteiger partial charge on any atom is -0.497 e. The molecule has 2 rings (SSSR count). The molecule has 1 aromatic rings. The van der Waals surface area contributed by atoms with Gasteiger partial charge in [0.1, 0.15) is 12.3 Å². The van der Waals surface area contributed by atoms with Crippen LogP contribution in [0.4, 0.5) is 16.2 Å². The lowest BCUT2D eigenvalue weighted by Gasteiger charge is -2.14. The molecule has 0 radical (unpaired) electrons. The molecule has 0 unspecified atom stereocenters. The van der Waals surface area contributed by atoms with Crippen LogP contribution in [0.1, 0.15) is 12.8 Å². The second kappa shape index (κ2) is 6.99. The number of benzene rings is 1. The Hall–Kier alpha value is -2.77. The number of urea groups is 1. The van der Waals surface area contributed by atoms with Crippen LogP contribution in [0.15, 0.2) is 18.2 Å². The summed E-state index contributed by atoms with van der Waals surface area (Å²) in [6, 6.07) is 4.65. The van der Waals surface area contributed by atoms with Crippen LogP contribution in [0.25, 0.3) is 0 Å². The van der Waals surface area contributed by atoms with Gasteiger partial charge in [0, 0.05) is 26.1 Å². The molecule has 3 N–H and O–H groups in total. The van der Waals surface area contributed by atoms with E-state index in [0.29, 0.717) is 23.5 Å². The Morgan fingerprint density at radius 2 is 2.13 bits per heavy atom. The number of methoxy groups -OCH3 is 1. The highest BCUT2D eigenvalue weighted by Gasteiger charge is 2.32. The number of anilines is 2. The van der Waals surface area contributed by atoms with Crippen LogP contribution in [0.5, 0.6) is 5.75 Å². The molecule has 0 saturated carbocycles. The molecule has 1 aromatic carbocycles. The van der Waals surface area contributed by atoms with Crippen LogP contribution in [-0.4, -0.2) is 54.9 Å². The van der Waals surface area contributed by atoms with Crippen LogP contribution < -0.4 is 15.8 Å². The minimum atomic E-state index is -0.326. The third-order valence-electron chi connectivity index (χ3n) is 3.55. The summed E-state index contributed by atoms with van der Waals surface area (Å²) in [6.45, 7) is 0.314. The van der Waals surface area contributed by atoms with Crippen molar-refractivity contribution in [2.75, 3.05) is 38.3 Å². The third kappa shape index (κ3) is 3.91. The van der Waals surface area contributed by atoms with Crippen molar-refractivity contribution in [1.29, 1.82) is 0 Å². The van der Waals surface area contributed by atoms with Crippen molar-refractivity contribution in [3.05, 3.63) is 18.2 Å². The van der Waals surface area contributed by atoms with Crippen molar-refractivity contribution in [1.82, 2.24) is 9.80 Å². The Morgan fingerprint density at radius 1 is 1.39 bits per heavy atom. The number of carbonyl (C=O) groups is 3. The van der Waals surface area contributed by atoms with Crippen LogP contribution in [0, 0.1) is 0 Å². The number of amides is 4. The quantitative estimate of drug-likeness (QED) is 0.598. The van der Waals surface area contributed by atoms with Gasteiger partial charge in [-0.2, -0.15) is 0 Å². The Kier molecular flexibility index (Phi) is 5.05. The third-order valence-corrected chi connectivity index (χ3v) is 3.55. The fraction of sp³-hybridized carbons (Fsp3) is 0.400. The fourth-order valence-corrected chi connectivity index (χ4v) is 2.27. The maximum absolute atomic E-state index is 12.0. The molecule has 8 heteroatoms. The number of hydrogen-bond acceptors (Lipinski definition) is 5. The van der Waals surface area contributed by atoms with E-state index in [-0.39, 0.29) is 37.4 Å². The zero-order valence-electron chi connectivity index (χ0n) is 13.2. The normalized spacial score (nSPS) is 14.3. The number of hydrogen-bond donors (Lipinski definition) is 2. The average Bonchev–Trinajstić information content (AvgIpc) is 2.75. The fourth-order valence-electron chi connectivity index (χ4n) is 2.27. The number of carbonyl (C=O) groups excluding carboxylic acids is 3. The summed E-state index contributed by atoms with van der Waals surface area (Å²) in [5.74, 6) is 0.109. The Labute approximate surface area is 134 Å². The topological polar surface area (TPSA) is 105 Å². The SMILES string of the molecule is COc1ccc(N)c(NC(=O)CCCN2C(=O)CN(C)C2=O)c1. The van der Waals surface area contributed by atoms with Gasteiger partial charge in [-0.25, -0.2) is 4.79 Å². The highest BCUT2D eigenvalue weighted by atomic mass is 16.5. The molecular formula is C15H20N4O4. The van der Waals surface area contributed by atoms with Gasteiger partial charge < -0.3 is 20.7 Å². The Bertz CT molecular complexity index is 632. The summed E-state index contributed by atoms with van der Waals surface area (Å²) < 4.78 is 5.08. The van der Waals surface area contributed by atoms with Gasteiger partial charge in [-0.05, 0) is 18.6 Å². The average molecular weight is 320 g/mol. The van der Waals surface area contributed by atoms with Gasteiger partial charge in [0.25, 0.3) is 0 Å². The van der Waals surface area contributed by atoms with Gasteiger partial charge in [-0.15, -0.1) is 0 Å². The zero-order valence-corrected chi connectivity index (χ0v) is 13.2. The van der Waals surface area contributed by atoms with Crippen molar-refractivity contribution in [2.45, 2.75) is 12.8 Å². The summed E-state index contributed by atoms with van der Waals surface area (Å²) in [4.78, 5) is 37.8. The molecule has 0 atom stereocenters. The summed E-state index contributed by atoms with van der Waals surface area (Å²) >= 11 is 0. The first-order valence-corrected chi connectivity index (χ1v) is 7.21. The number of imide groups is 1. The molecule has 1 fully saturated rings. The van der Waals surface area contributed by atoms with Crippen molar-refractivity contribution in [3.63, 3.8) is 0 Å². The first kappa shape index (κ1) is 16.6. The predicted octanol–water partition coefficient (Wildman–Crippen LogP) is 0.890. The number of nitrogens with two attached hydrogens (primary N) is 1. The molecule has 1 aliphatic rings. The van der Waals surface area contributed by atoms with Gasteiger partial charge in [-0.3, -0.25) is 14.5 Å². The van der Waals surface area contributed by atoms with Crippen molar-refractivity contribution >= 4 is 29.2 Å². The van der Waals surface area contributed by atoms with Crippen molar-refractivity contribution in [2.24, 2.45) is 0 Å². The number of likely N-dealkylation sites (N-methyl/N-ethyl adjacent to an activating group) is 1. The summed E-state index contributed by atoms with van der Waals surface area (Å²) in [6.07, 6.45) is 0.568. The van der Waals surface area contributed by atoms with Crippen molar-refractivity contribution < 1.29 is 19.1 Å². The first-order chi connectivity index (χ1) is 10.9. The van der Waals surface area contributed by atoms with E-state index in [1.165, 1.54) is 12.0 Å². The second-order valence-corrected chi connectivity index (χ2v) is 5.29. The lowest BCUT2D eigenvalue weighted by Crippen LogP contribution is -2.32. The molecule has 0 aromatic heterocycles. The predicted molar refractivity (Wildman–Crippen MR) is 85.0 cm³/mol.